The van der Waals surface area contributed by atoms with Crippen molar-refractivity contribution < 1.29 is 51.6 Å². The van der Waals surface area contributed by atoms with E-state index >= 15 is 0 Å². The number of carbonyl (C=O) groups excluding carboxylic acids is 2. The van der Waals surface area contributed by atoms with Gasteiger partial charge in [0.25, 0.3) is 5.91 Å². The molecule has 49 heavy (non-hydrogen) atoms. The van der Waals surface area contributed by atoms with Crippen LogP contribution in [0.3, 0.4) is 0 Å². The predicted octanol–water partition coefficient (Wildman–Crippen LogP) is 5.55. The summed E-state index contributed by atoms with van der Waals surface area (Å²) in [4.78, 5) is 32.0. The Kier molecular flexibility index (Phi) is 12.1. The summed E-state index contributed by atoms with van der Waals surface area (Å²) in [5, 5.41) is 9.04. The maximum absolute atomic E-state index is 14.3. The molecular formula is C35H40F3N3O8. The van der Waals surface area contributed by atoms with Crippen molar-refractivity contribution in [3.8, 4) is 17.2 Å². The van der Waals surface area contributed by atoms with Gasteiger partial charge in [0.1, 0.15) is 22.8 Å². The van der Waals surface area contributed by atoms with Crippen LogP contribution in [0, 0.1) is 0 Å². The van der Waals surface area contributed by atoms with E-state index in [0.29, 0.717) is 41.2 Å². The molecule has 0 aliphatic carbocycles. The number of hydrazine groups is 1. The number of hydrogen-bond acceptors (Lipinski definition) is 10. The van der Waals surface area contributed by atoms with E-state index in [9.17, 15) is 22.8 Å². The molecule has 2 atom stereocenters. The standard InChI is InChI=1S/C35H40F3N3O8/c1-33(2,3)49-29(43)17-18-34(32(44)41-39-22-23-9-13-27(14-10-23)48-35(36,37)38)30(25-7-5-8-28(21-25)45-4)47-31(40-34)24-11-15-26(16-12-24)46-20-6-19-42/h5,7-16,21,30,39,42H,6,17-20,22H2,1-4H3,(H,41,44)/t30-,34-/m0/s1. The van der Waals surface area contributed by atoms with Gasteiger partial charge in [-0.15, -0.1) is 13.2 Å². The van der Waals surface area contributed by atoms with E-state index in [1.165, 1.54) is 19.2 Å². The molecule has 1 aliphatic heterocycles. The molecule has 11 nitrogen and oxygen atoms in total. The van der Waals surface area contributed by atoms with Crippen LogP contribution in [-0.4, -0.2) is 60.7 Å². The largest absolute Gasteiger partial charge is 0.573 e. The number of rotatable bonds is 15. The average molecular weight is 688 g/mol. The zero-order chi connectivity index (χ0) is 35.7. The predicted molar refractivity (Wildman–Crippen MR) is 173 cm³/mol. The molecular weight excluding hydrogens is 647 g/mol. The van der Waals surface area contributed by atoms with Crippen LogP contribution in [0.5, 0.6) is 17.2 Å². The van der Waals surface area contributed by atoms with E-state index in [4.69, 9.17) is 29.0 Å². The highest BCUT2D eigenvalue weighted by molar-refractivity contribution is 6.01. The number of esters is 1. The van der Waals surface area contributed by atoms with Crippen LogP contribution >= 0.6 is 0 Å². The summed E-state index contributed by atoms with van der Waals surface area (Å²) < 4.78 is 64.7. The number of benzene rings is 3. The van der Waals surface area contributed by atoms with Crippen molar-refractivity contribution in [1.29, 1.82) is 0 Å². The first-order valence-electron chi connectivity index (χ1n) is 15.6. The summed E-state index contributed by atoms with van der Waals surface area (Å²) in [5.41, 5.74) is 4.68. The van der Waals surface area contributed by atoms with Crippen molar-refractivity contribution in [3.63, 3.8) is 0 Å². The Hall–Kier alpha value is -4.82. The quantitative estimate of drug-likeness (QED) is 0.107. The molecule has 1 amide bonds. The lowest BCUT2D eigenvalue weighted by atomic mass is 9.83. The van der Waals surface area contributed by atoms with Crippen molar-refractivity contribution in [3.05, 3.63) is 89.5 Å². The zero-order valence-electron chi connectivity index (χ0n) is 27.6. The van der Waals surface area contributed by atoms with Crippen molar-refractivity contribution in [2.24, 2.45) is 4.99 Å². The SMILES string of the molecule is COc1cccc([C@@H]2OC(c3ccc(OCCCO)cc3)=N[C@]2(CCC(=O)OC(C)(C)C)C(=O)NNCc2ccc(OC(F)(F)F)cc2)c1. The van der Waals surface area contributed by atoms with Gasteiger partial charge in [-0.25, -0.2) is 10.4 Å². The van der Waals surface area contributed by atoms with Crippen molar-refractivity contribution in [2.75, 3.05) is 20.3 Å². The number of aliphatic hydroxyl groups is 1. The van der Waals surface area contributed by atoms with Gasteiger partial charge in [-0.05, 0) is 86.8 Å². The van der Waals surface area contributed by atoms with Gasteiger partial charge in [-0.3, -0.25) is 15.0 Å². The van der Waals surface area contributed by atoms with E-state index in [0.717, 1.165) is 12.1 Å². The highest BCUT2D eigenvalue weighted by Gasteiger charge is 2.53. The number of methoxy groups -OCH3 is 1. The van der Waals surface area contributed by atoms with Crippen LogP contribution in [0.15, 0.2) is 77.8 Å². The van der Waals surface area contributed by atoms with E-state index in [-0.39, 0.29) is 37.6 Å². The van der Waals surface area contributed by atoms with Crippen molar-refractivity contribution >= 4 is 17.8 Å². The zero-order valence-corrected chi connectivity index (χ0v) is 27.6. The number of aliphatic hydroxyl groups excluding tert-OH is 1. The summed E-state index contributed by atoms with van der Waals surface area (Å²) >= 11 is 0. The van der Waals surface area contributed by atoms with E-state index in [2.05, 4.69) is 15.6 Å². The van der Waals surface area contributed by atoms with Crippen LogP contribution in [-0.2, 0) is 25.6 Å². The second-order valence-corrected chi connectivity index (χ2v) is 12.2. The fraction of sp³-hybridized carbons (Fsp3) is 0.400. The Bertz CT molecular complexity index is 1590. The minimum Gasteiger partial charge on any atom is -0.497 e. The first-order valence-corrected chi connectivity index (χ1v) is 15.6. The molecule has 4 rings (SSSR count). The van der Waals surface area contributed by atoms with Gasteiger partial charge in [0, 0.05) is 31.6 Å². The Balaban J connectivity index is 1.65. The fourth-order valence-corrected chi connectivity index (χ4v) is 5.00. The molecule has 3 aromatic rings. The number of alkyl halides is 3. The highest BCUT2D eigenvalue weighted by atomic mass is 19.4. The van der Waals surface area contributed by atoms with Crippen LogP contribution in [0.4, 0.5) is 13.2 Å². The number of carbonyl (C=O) groups is 2. The lowest BCUT2D eigenvalue weighted by Crippen LogP contribution is -2.52. The minimum absolute atomic E-state index is 0.000111. The van der Waals surface area contributed by atoms with Gasteiger partial charge < -0.3 is 28.8 Å². The van der Waals surface area contributed by atoms with Crippen molar-refractivity contribution in [1.82, 2.24) is 10.9 Å². The van der Waals surface area contributed by atoms with Crippen LogP contribution in [0.1, 0.15) is 62.8 Å². The molecule has 264 valence electrons. The number of nitrogens with one attached hydrogen (secondary N) is 2. The van der Waals surface area contributed by atoms with Gasteiger partial charge in [-0.2, -0.15) is 0 Å². The van der Waals surface area contributed by atoms with E-state index in [1.807, 2.05) is 0 Å². The molecule has 3 N–H and O–H groups in total. The average Bonchev–Trinajstić information content (AvgIpc) is 3.44. The third kappa shape index (κ3) is 10.6. The monoisotopic (exact) mass is 687 g/mol. The first kappa shape index (κ1) is 37.0. The molecule has 3 aromatic carbocycles. The maximum Gasteiger partial charge on any atom is 0.573 e. The lowest BCUT2D eigenvalue weighted by molar-refractivity contribution is -0.274. The lowest BCUT2D eigenvalue weighted by Gasteiger charge is -2.31. The summed E-state index contributed by atoms with van der Waals surface area (Å²) in [7, 11) is 1.51. The number of ether oxygens (including phenoxy) is 5. The van der Waals surface area contributed by atoms with E-state index < -0.39 is 35.5 Å². The number of amides is 1. The molecule has 0 bridgehead atoms. The Morgan fingerprint density at radius 3 is 2.31 bits per heavy atom. The van der Waals surface area contributed by atoms with Crippen LogP contribution in [0.25, 0.3) is 0 Å². The minimum atomic E-state index is -4.82. The molecule has 0 radical (unpaired) electrons. The summed E-state index contributed by atoms with van der Waals surface area (Å²) in [6.45, 7) is 5.59. The van der Waals surface area contributed by atoms with Crippen molar-refractivity contribution in [2.45, 2.75) is 70.2 Å². The number of nitrogens with zero attached hydrogens (tertiary/aromatic N) is 1. The molecule has 0 aromatic heterocycles. The Morgan fingerprint density at radius 2 is 1.67 bits per heavy atom. The third-order valence-corrected chi connectivity index (χ3v) is 7.21. The molecule has 0 saturated carbocycles. The highest BCUT2D eigenvalue weighted by Crippen LogP contribution is 2.44. The first-order chi connectivity index (χ1) is 23.2. The molecule has 0 saturated heterocycles. The number of aliphatic imine (C=N–C) groups is 1. The topological polar surface area (TPSA) is 137 Å². The normalized spacial score (nSPS) is 17.5. The third-order valence-electron chi connectivity index (χ3n) is 7.21. The van der Waals surface area contributed by atoms with Gasteiger partial charge in [0.15, 0.2) is 11.6 Å². The van der Waals surface area contributed by atoms with Gasteiger partial charge in [0.2, 0.25) is 5.90 Å². The van der Waals surface area contributed by atoms with Crippen LogP contribution < -0.4 is 25.1 Å². The molecule has 14 heteroatoms. The Labute approximate surface area is 282 Å². The maximum atomic E-state index is 14.3. The summed E-state index contributed by atoms with van der Waals surface area (Å²) in [5.74, 6) is -0.314. The Morgan fingerprint density at radius 1 is 0.980 bits per heavy atom. The van der Waals surface area contributed by atoms with Gasteiger partial charge in [-0.1, -0.05) is 24.3 Å². The second-order valence-electron chi connectivity index (χ2n) is 12.2. The van der Waals surface area contributed by atoms with E-state index in [1.54, 1.807) is 69.3 Å². The van der Waals surface area contributed by atoms with Gasteiger partial charge in [0.05, 0.1) is 13.7 Å². The number of hydrogen-bond donors (Lipinski definition) is 3. The molecule has 1 heterocycles. The molecule has 0 unspecified atom stereocenters. The number of halogens is 3. The smallest absolute Gasteiger partial charge is 0.497 e. The summed E-state index contributed by atoms with van der Waals surface area (Å²) in [6.07, 6.45) is -5.64. The van der Waals surface area contributed by atoms with Crippen LogP contribution in [0.2, 0.25) is 0 Å². The second kappa shape index (κ2) is 16.1. The molecule has 0 spiro atoms. The fourth-order valence-electron chi connectivity index (χ4n) is 5.00. The summed E-state index contributed by atoms with van der Waals surface area (Å²) in [6, 6.07) is 19.0. The molecule has 1 aliphatic rings. The molecule has 0 fully saturated rings. The van der Waals surface area contributed by atoms with Gasteiger partial charge >= 0.3 is 12.3 Å².